The summed E-state index contributed by atoms with van der Waals surface area (Å²) in [4.78, 5) is 51.0. The van der Waals surface area contributed by atoms with Crippen LogP contribution in [0.3, 0.4) is 0 Å². The van der Waals surface area contributed by atoms with Crippen LogP contribution in [-0.4, -0.2) is 201 Å². The quantitative estimate of drug-likeness (QED) is 0.125. The maximum Gasteiger partial charge on any atom is 0.299 e. The van der Waals surface area contributed by atoms with E-state index < -0.39 is 20.2 Å². The molecule has 3 aliphatic heterocycles. The van der Waals surface area contributed by atoms with Gasteiger partial charge >= 0.3 is 0 Å². The van der Waals surface area contributed by atoms with Crippen LogP contribution < -0.4 is 28.2 Å². The first-order chi connectivity index (χ1) is 35.0. The minimum atomic E-state index is -3.72. The number of quaternary nitrogens is 3. The zero-order valence-electron chi connectivity index (χ0n) is 45.8. The van der Waals surface area contributed by atoms with Crippen LogP contribution in [0.5, 0.6) is 0 Å². The molecule has 78 heavy (non-hydrogen) atoms. The Hall–Kier alpha value is -7.07. The second kappa shape index (κ2) is 42.0. The summed E-state index contributed by atoms with van der Waals surface area (Å²) in [7, 11) is 3.09. The van der Waals surface area contributed by atoms with E-state index in [9.17, 15) is 31.2 Å². The van der Waals surface area contributed by atoms with Crippen molar-refractivity contribution >= 4 is 55.5 Å². The van der Waals surface area contributed by atoms with Crippen LogP contribution >= 0.6 is 0 Å². The van der Waals surface area contributed by atoms with Crippen molar-refractivity contribution in [2.45, 2.75) is 81.8 Å². The van der Waals surface area contributed by atoms with Gasteiger partial charge in [0.25, 0.3) is 26.1 Å². The van der Waals surface area contributed by atoms with E-state index >= 15 is 0 Å². The number of likely N-dealkylation sites (N-methyl/N-ethyl adjacent to an activating group) is 4. The number of nitrogens with zero attached hydrogens (tertiary/aromatic N) is 8. The van der Waals surface area contributed by atoms with E-state index in [1.807, 2.05) is 20.9 Å². The molecule has 464 valence electrons. The normalized spacial score (nSPS) is 17.8. The van der Waals surface area contributed by atoms with Crippen molar-refractivity contribution in [2.24, 2.45) is 15.0 Å². The molecule has 3 rings (SSSR count). The van der Waals surface area contributed by atoms with Crippen LogP contribution in [0.1, 0.15) is 96.8 Å². The SMILES string of the molecule is C.C.C#CC#CC#CC#CC#CC#CC#CC#CC#CC#CC(=O)N(CC)CC[N+]1(C)CCN=C1C.CC(=O)N(C)CCC1=NC(C)C(C)[N+]1(C)C.CC(=O)NCC[N+]1(C)CCN=C1C.CS(=O)(=O)O[O-].CS(=O)(=O)O[O-].[Cl-].[HH].[HH].[HH].[HH].[HH].[HH].[HH].[HH].[HH].[HH].[HH].[HH].[HH].[HH].[HH].[HH].[HH].[HH].[HH]. The molecule has 3 aliphatic rings. The molecule has 3 heterocycles. The van der Waals surface area contributed by atoms with Gasteiger partial charge in [0.05, 0.1) is 73.3 Å². The topological polar surface area (TPSA) is 240 Å². The number of carbonyl (C=O) groups is 3. The summed E-state index contributed by atoms with van der Waals surface area (Å²) in [6.45, 7) is 21.8. The first-order valence-corrected chi connectivity index (χ1v) is 26.5. The van der Waals surface area contributed by atoms with E-state index in [-0.39, 0.29) is 72.1 Å². The highest BCUT2D eigenvalue weighted by molar-refractivity contribution is 7.86. The predicted molar refractivity (Wildman–Crippen MR) is 339 cm³/mol. The zero-order chi connectivity index (χ0) is 57.7. The van der Waals surface area contributed by atoms with Crippen molar-refractivity contribution in [3.8, 4) is 119 Å². The molecule has 0 aliphatic carbocycles. The Kier molecular flexibility index (Phi) is 43.0. The van der Waals surface area contributed by atoms with E-state index in [1.54, 1.807) is 23.6 Å². The fourth-order valence-electron chi connectivity index (χ4n) is 6.01. The summed E-state index contributed by atoms with van der Waals surface area (Å²) in [5.41, 5.74) is 0. The summed E-state index contributed by atoms with van der Waals surface area (Å²) in [5, 5.41) is 20.5. The van der Waals surface area contributed by atoms with Crippen LogP contribution in [0.2, 0.25) is 0 Å². The van der Waals surface area contributed by atoms with Crippen molar-refractivity contribution in [1.82, 2.24) is 15.1 Å². The standard InChI is InChI=1S/C30H20N3O.C12H24N3O.C9H17N3O.2CH4O4S.2CH4.ClH.19H2/c1-5-7-8-9-10-11-12-13-14-15-16-17-18-19-20-21-22-23-24-30(34)32(6-2)26-28-33(4)27-25-31-29(33)3;1-9-10(2)15(5,6)12(13-9)7-8-14(4)11(3)16;1-8-10-4-6-12(8,3)7-5-11-9(2)13;2*1-6(3,4)5-2;;;;;;;;;;;;;;;;;;;;;;/h1H,6,25-28H2,2-4H3;9-10H,7-8H2,1-6H3;4-7H2,1-3H3;2*2H,1H3;2*1H4;20*1H/q2*+1;;;;;;;;;;;;;;;;;;;;;;;;;/p-2. The highest BCUT2D eigenvalue weighted by Crippen LogP contribution is 2.24. The smallest absolute Gasteiger partial charge is 0.299 e. The van der Waals surface area contributed by atoms with Gasteiger partial charge in [-0.2, -0.15) is 0 Å². The Morgan fingerprint density at radius 2 is 1.09 bits per heavy atom. The number of hydrogen-bond acceptors (Lipinski definition) is 14. The molecule has 20 nitrogen and oxygen atoms in total. The van der Waals surface area contributed by atoms with Gasteiger partial charge in [-0.3, -0.25) is 27.8 Å². The molecule has 0 aromatic carbocycles. The number of halogens is 1. The van der Waals surface area contributed by atoms with Gasteiger partial charge in [-0.1, -0.05) is 14.9 Å². The summed E-state index contributed by atoms with van der Waals surface area (Å²) in [5.74, 6) is 50.3. The number of hydrogen-bond donors (Lipinski definition) is 1. The minimum Gasteiger partial charge on any atom is -1.00 e. The van der Waals surface area contributed by atoms with Gasteiger partial charge in [0.1, 0.15) is 38.3 Å². The third-order valence-electron chi connectivity index (χ3n) is 11.4. The predicted octanol–water partition coefficient (Wildman–Crippen LogP) is 0.925. The second-order valence-electron chi connectivity index (χ2n) is 17.1. The Morgan fingerprint density at radius 1 is 0.718 bits per heavy atom. The van der Waals surface area contributed by atoms with Crippen molar-refractivity contribution < 1.29 is 103 Å². The third-order valence-corrected chi connectivity index (χ3v) is 11.9. The number of rotatable bonds is 12. The van der Waals surface area contributed by atoms with Crippen LogP contribution in [0.25, 0.3) is 0 Å². The molecular weight excluding hydrogens is 1060 g/mol. The lowest BCUT2D eigenvalue weighted by Crippen LogP contribution is -3.00. The average molecular weight is 1180 g/mol. The zero-order valence-corrected chi connectivity index (χ0v) is 48.2. The number of nitrogens with one attached hydrogen (secondary N) is 1. The molecule has 4 unspecified atom stereocenters. The minimum absolute atomic E-state index is 0. The number of aliphatic imine (C=N–C) groups is 3. The van der Waals surface area contributed by atoms with E-state index in [0.29, 0.717) is 37.7 Å². The average Bonchev–Trinajstić information content (AvgIpc) is 3.96. The summed E-state index contributed by atoms with van der Waals surface area (Å²) < 4.78 is 45.7. The fraction of sp³-hybridized carbons (Fsp3) is 0.527. The number of amidine groups is 3. The van der Waals surface area contributed by atoms with Gasteiger partial charge in [-0.25, -0.2) is 31.8 Å². The Bertz CT molecular complexity index is 3030. The Morgan fingerprint density at radius 3 is 1.38 bits per heavy atom. The first-order valence-electron chi connectivity index (χ1n) is 22.8. The van der Waals surface area contributed by atoms with Crippen molar-refractivity contribution in [3.63, 3.8) is 0 Å². The van der Waals surface area contributed by atoms with Crippen LogP contribution in [0, 0.1) is 119 Å². The molecule has 1 N–H and O–H groups in total. The molecular formula is C55H114ClN9O11S2. The van der Waals surface area contributed by atoms with Crippen LogP contribution in [0.15, 0.2) is 15.0 Å². The van der Waals surface area contributed by atoms with E-state index in [0.717, 1.165) is 78.1 Å². The maximum atomic E-state index is 12.3. The van der Waals surface area contributed by atoms with Gasteiger partial charge in [-0.05, 0) is 115 Å². The molecule has 0 spiro atoms. The number of carbonyl (C=O) groups excluding carboxylic acids is 3. The van der Waals surface area contributed by atoms with Gasteiger partial charge in [0.2, 0.25) is 11.8 Å². The van der Waals surface area contributed by atoms with E-state index in [2.05, 4.69) is 185 Å². The number of terminal acetylenes is 1. The second-order valence-corrected chi connectivity index (χ2v) is 20.2. The third kappa shape index (κ3) is 36.8. The van der Waals surface area contributed by atoms with Gasteiger partial charge in [-0.15, -0.1) is 6.42 Å². The highest BCUT2D eigenvalue weighted by atomic mass is 35.5. The van der Waals surface area contributed by atoms with E-state index in [4.69, 9.17) is 21.9 Å². The molecule has 0 radical (unpaired) electrons. The fourth-order valence-corrected chi connectivity index (χ4v) is 6.01. The van der Waals surface area contributed by atoms with Crippen molar-refractivity contribution in [1.29, 1.82) is 0 Å². The van der Waals surface area contributed by atoms with Crippen LogP contribution in [0.4, 0.5) is 0 Å². The Balaban J connectivity index is -0.0000000332. The molecule has 0 saturated heterocycles. The highest BCUT2D eigenvalue weighted by Gasteiger charge is 2.40. The molecule has 3 amide bonds. The molecule has 0 bridgehead atoms. The molecule has 0 saturated carbocycles. The van der Waals surface area contributed by atoms with Gasteiger partial charge in [0, 0.05) is 92.7 Å². The maximum absolute atomic E-state index is 12.3. The lowest BCUT2D eigenvalue weighted by Gasteiger charge is -2.31. The van der Waals surface area contributed by atoms with Crippen LogP contribution in [-0.2, 0) is 43.3 Å². The number of amides is 3. The summed E-state index contributed by atoms with van der Waals surface area (Å²) in [6, 6.07) is 0.908. The molecule has 23 heteroatoms. The molecule has 0 aromatic rings. The lowest BCUT2D eigenvalue weighted by molar-refractivity contribution is -0.820. The Labute approximate surface area is 501 Å². The van der Waals surface area contributed by atoms with E-state index in [1.165, 1.54) is 11.7 Å². The molecule has 0 aromatic heterocycles. The monoisotopic (exact) mass is 1180 g/mol. The molecule has 4 atom stereocenters. The van der Waals surface area contributed by atoms with Gasteiger partial charge < -0.3 is 46.7 Å². The lowest BCUT2D eigenvalue weighted by atomic mass is 10.1. The first kappa shape index (κ1) is 79.8. The van der Waals surface area contributed by atoms with Crippen molar-refractivity contribution in [2.75, 3.05) is 113 Å². The van der Waals surface area contributed by atoms with Gasteiger partial charge in [0.15, 0.2) is 17.5 Å². The summed E-state index contributed by atoms with van der Waals surface area (Å²) >= 11 is 0. The summed E-state index contributed by atoms with van der Waals surface area (Å²) in [6.07, 6.45) is 7.17. The molecule has 0 fully saturated rings. The largest absolute Gasteiger partial charge is 1.00 e. The van der Waals surface area contributed by atoms with Crippen molar-refractivity contribution in [3.05, 3.63) is 0 Å².